The first-order chi connectivity index (χ1) is 13.8. The number of aromatic nitrogens is 5. The van der Waals surface area contributed by atoms with Crippen LogP contribution in [0.2, 0.25) is 0 Å². The summed E-state index contributed by atoms with van der Waals surface area (Å²) in [7, 11) is 1.80. The maximum absolute atomic E-state index is 14.2. The molecule has 0 radical (unpaired) electrons. The normalized spacial score (nSPS) is 11.2. The monoisotopic (exact) mass is 396 g/mol. The number of carbonyl (C=O) groups excluding carboxylic acids is 1. The van der Waals surface area contributed by atoms with Crippen molar-refractivity contribution in [2.45, 2.75) is 20.8 Å². The van der Waals surface area contributed by atoms with Crippen LogP contribution in [-0.2, 0) is 7.05 Å². The standard InChI is InChI=1S/C20H18F2N6O/c1-10-15-8-14(9-23-19(15)27(4)25-10)24-20(29)18-11(2)26-28(12(18)3)17-6-5-13(21)7-16(17)22/h5-9H,1-4H3,(H,24,29). The highest BCUT2D eigenvalue weighted by molar-refractivity contribution is 6.06. The Labute approximate surface area is 165 Å². The highest BCUT2D eigenvalue weighted by atomic mass is 19.1. The second-order valence-electron chi connectivity index (χ2n) is 6.81. The van der Waals surface area contributed by atoms with Crippen molar-refractivity contribution >= 4 is 22.6 Å². The van der Waals surface area contributed by atoms with Crippen molar-refractivity contribution in [1.29, 1.82) is 0 Å². The Balaban J connectivity index is 1.69. The fourth-order valence-electron chi connectivity index (χ4n) is 3.43. The molecule has 0 unspecified atom stereocenters. The van der Waals surface area contributed by atoms with E-state index in [9.17, 15) is 13.6 Å². The summed E-state index contributed by atoms with van der Waals surface area (Å²) in [5, 5.41) is 12.2. The van der Waals surface area contributed by atoms with E-state index < -0.39 is 17.5 Å². The molecule has 9 heteroatoms. The second kappa shape index (κ2) is 6.77. The lowest BCUT2D eigenvalue weighted by Crippen LogP contribution is -2.14. The van der Waals surface area contributed by atoms with E-state index in [0.717, 1.165) is 23.2 Å². The zero-order chi connectivity index (χ0) is 20.9. The highest BCUT2D eigenvalue weighted by Crippen LogP contribution is 2.23. The van der Waals surface area contributed by atoms with E-state index in [1.165, 1.54) is 10.7 Å². The van der Waals surface area contributed by atoms with Gasteiger partial charge in [-0.2, -0.15) is 10.2 Å². The number of pyridine rings is 1. The largest absolute Gasteiger partial charge is 0.320 e. The van der Waals surface area contributed by atoms with Gasteiger partial charge in [0.15, 0.2) is 11.5 Å². The molecule has 0 bridgehead atoms. The molecule has 0 aliphatic carbocycles. The summed E-state index contributed by atoms with van der Waals surface area (Å²) in [6, 6.07) is 5.01. The van der Waals surface area contributed by atoms with Gasteiger partial charge in [-0.25, -0.2) is 18.4 Å². The average Bonchev–Trinajstić information content (AvgIpc) is 3.10. The zero-order valence-corrected chi connectivity index (χ0v) is 16.3. The molecule has 0 fully saturated rings. The summed E-state index contributed by atoms with van der Waals surface area (Å²) in [4.78, 5) is 17.2. The van der Waals surface area contributed by atoms with E-state index in [-0.39, 0.29) is 5.69 Å². The van der Waals surface area contributed by atoms with Gasteiger partial charge in [-0.05, 0) is 39.0 Å². The lowest BCUT2D eigenvalue weighted by atomic mass is 10.1. The molecule has 1 N–H and O–H groups in total. The smallest absolute Gasteiger partial charge is 0.259 e. The number of rotatable bonds is 3. The van der Waals surface area contributed by atoms with Gasteiger partial charge in [0.05, 0.1) is 34.5 Å². The third-order valence-corrected chi connectivity index (χ3v) is 4.78. The lowest BCUT2D eigenvalue weighted by molar-refractivity contribution is 0.102. The molecule has 29 heavy (non-hydrogen) atoms. The summed E-state index contributed by atoms with van der Waals surface area (Å²) >= 11 is 0. The molecule has 148 valence electrons. The Hall–Kier alpha value is -3.62. The number of anilines is 1. The van der Waals surface area contributed by atoms with Crippen LogP contribution < -0.4 is 5.32 Å². The van der Waals surface area contributed by atoms with Gasteiger partial charge in [0.1, 0.15) is 11.5 Å². The van der Waals surface area contributed by atoms with Crippen LogP contribution in [0.4, 0.5) is 14.5 Å². The van der Waals surface area contributed by atoms with E-state index >= 15 is 0 Å². The minimum Gasteiger partial charge on any atom is -0.320 e. The zero-order valence-electron chi connectivity index (χ0n) is 16.3. The number of amides is 1. The number of carbonyl (C=O) groups is 1. The Morgan fingerprint density at radius 3 is 2.55 bits per heavy atom. The predicted molar refractivity (Wildman–Crippen MR) is 104 cm³/mol. The molecule has 1 amide bonds. The molecular weight excluding hydrogens is 378 g/mol. The molecule has 0 aliphatic heterocycles. The maximum Gasteiger partial charge on any atom is 0.259 e. The van der Waals surface area contributed by atoms with Crippen molar-refractivity contribution in [2.75, 3.05) is 5.32 Å². The number of hydrogen-bond acceptors (Lipinski definition) is 4. The van der Waals surface area contributed by atoms with Crippen LogP contribution in [0.3, 0.4) is 0 Å². The number of fused-ring (bicyclic) bond motifs is 1. The highest BCUT2D eigenvalue weighted by Gasteiger charge is 2.21. The van der Waals surface area contributed by atoms with Gasteiger partial charge >= 0.3 is 0 Å². The number of hydrogen-bond donors (Lipinski definition) is 1. The van der Waals surface area contributed by atoms with Crippen LogP contribution >= 0.6 is 0 Å². The Bertz CT molecular complexity index is 1270. The molecule has 0 aliphatic rings. The molecule has 0 atom stereocenters. The van der Waals surface area contributed by atoms with Crippen molar-refractivity contribution in [1.82, 2.24) is 24.5 Å². The van der Waals surface area contributed by atoms with Gasteiger partial charge in [0.2, 0.25) is 0 Å². The van der Waals surface area contributed by atoms with E-state index in [2.05, 4.69) is 20.5 Å². The molecule has 1 aromatic carbocycles. The molecule has 0 spiro atoms. The number of halogens is 2. The molecule has 7 nitrogen and oxygen atoms in total. The molecule has 0 saturated heterocycles. The van der Waals surface area contributed by atoms with Crippen molar-refractivity contribution in [3.63, 3.8) is 0 Å². The van der Waals surface area contributed by atoms with Gasteiger partial charge < -0.3 is 5.32 Å². The molecular formula is C20H18F2N6O. The van der Waals surface area contributed by atoms with Crippen molar-refractivity contribution in [3.8, 4) is 5.69 Å². The summed E-state index contributed by atoms with van der Waals surface area (Å²) in [6.45, 7) is 5.18. The average molecular weight is 396 g/mol. The number of benzene rings is 1. The van der Waals surface area contributed by atoms with Gasteiger partial charge in [-0.3, -0.25) is 9.48 Å². The van der Waals surface area contributed by atoms with Gasteiger partial charge in [-0.15, -0.1) is 0 Å². The van der Waals surface area contributed by atoms with E-state index in [4.69, 9.17) is 0 Å². The fraction of sp³-hybridized carbons (Fsp3) is 0.200. The Morgan fingerprint density at radius 1 is 1.07 bits per heavy atom. The molecule has 0 saturated carbocycles. The fourth-order valence-corrected chi connectivity index (χ4v) is 3.43. The lowest BCUT2D eigenvalue weighted by Gasteiger charge is -2.08. The number of nitrogens with one attached hydrogen (secondary N) is 1. The third-order valence-electron chi connectivity index (χ3n) is 4.78. The Kier molecular flexibility index (Phi) is 4.37. The quantitative estimate of drug-likeness (QED) is 0.574. The molecule has 3 aromatic heterocycles. The SMILES string of the molecule is Cc1nn(-c2ccc(F)cc2F)c(C)c1C(=O)Nc1cnc2c(c1)c(C)nn2C. The topological polar surface area (TPSA) is 77.6 Å². The maximum atomic E-state index is 14.2. The summed E-state index contributed by atoms with van der Waals surface area (Å²) in [5.74, 6) is -1.83. The van der Waals surface area contributed by atoms with Crippen molar-refractivity contribution in [3.05, 3.63) is 64.7 Å². The Morgan fingerprint density at radius 2 is 1.83 bits per heavy atom. The first kappa shape index (κ1) is 18.7. The number of nitrogens with zero attached hydrogens (tertiary/aromatic N) is 5. The second-order valence-corrected chi connectivity index (χ2v) is 6.81. The predicted octanol–water partition coefficient (Wildman–Crippen LogP) is 3.61. The van der Waals surface area contributed by atoms with Crippen molar-refractivity contribution in [2.24, 2.45) is 7.05 Å². The van der Waals surface area contributed by atoms with Crippen LogP contribution in [0.25, 0.3) is 16.7 Å². The minimum absolute atomic E-state index is 0.0696. The molecule has 3 heterocycles. The molecule has 4 aromatic rings. The van der Waals surface area contributed by atoms with Crippen LogP contribution in [-0.4, -0.2) is 30.5 Å². The molecule has 4 rings (SSSR count). The minimum atomic E-state index is -0.760. The van der Waals surface area contributed by atoms with Gasteiger partial charge in [0, 0.05) is 18.5 Å². The van der Waals surface area contributed by atoms with Gasteiger partial charge in [-0.1, -0.05) is 0 Å². The van der Waals surface area contributed by atoms with Crippen LogP contribution in [0.1, 0.15) is 27.4 Å². The third kappa shape index (κ3) is 3.14. The first-order valence-electron chi connectivity index (χ1n) is 8.88. The summed E-state index contributed by atoms with van der Waals surface area (Å²) in [6.07, 6.45) is 1.55. The van der Waals surface area contributed by atoms with E-state index in [1.54, 1.807) is 37.8 Å². The van der Waals surface area contributed by atoms with Crippen LogP contribution in [0.15, 0.2) is 30.5 Å². The van der Waals surface area contributed by atoms with Crippen LogP contribution in [0, 0.1) is 32.4 Å². The van der Waals surface area contributed by atoms with E-state index in [1.807, 2.05) is 6.92 Å². The number of aryl methyl sites for hydroxylation is 3. The first-order valence-corrected chi connectivity index (χ1v) is 8.88. The van der Waals surface area contributed by atoms with Crippen LogP contribution in [0.5, 0.6) is 0 Å². The van der Waals surface area contributed by atoms with Crippen molar-refractivity contribution < 1.29 is 13.6 Å². The summed E-state index contributed by atoms with van der Waals surface area (Å²) < 4.78 is 30.4. The van der Waals surface area contributed by atoms with Gasteiger partial charge in [0.25, 0.3) is 5.91 Å². The summed E-state index contributed by atoms with van der Waals surface area (Å²) in [5.41, 5.74) is 3.29. The van der Waals surface area contributed by atoms with E-state index in [0.29, 0.717) is 28.3 Å².